The molecule has 6 nitrogen and oxygen atoms in total. The van der Waals surface area contributed by atoms with E-state index in [1.165, 1.54) is 28.4 Å². The summed E-state index contributed by atoms with van der Waals surface area (Å²) < 4.78 is 1.26. The number of hydrogen-bond acceptors (Lipinski definition) is 5. The molecule has 0 aliphatic heterocycles. The van der Waals surface area contributed by atoms with Crippen LogP contribution in [0, 0.1) is 0 Å². The van der Waals surface area contributed by atoms with E-state index in [-0.39, 0.29) is 12.1 Å². The number of carbonyl (C=O) groups is 1. The molecular weight excluding hydrogens is 395 g/mol. The van der Waals surface area contributed by atoms with Gasteiger partial charge < -0.3 is 0 Å². The Labute approximate surface area is 163 Å². The zero-order valence-corrected chi connectivity index (χ0v) is 16.0. The van der Waals surface area contributed by atoms with Gasteiger partial charge in [0.2, 0.25) is 0 Å². The molecule has 9 heteroatoms. The van der Waals surface area contributed by atoms with Crippen molar-refractivity contribution < 1.29 is 4.79 Å². The van der Waals surface area contributed by atoms with Gasteiger partial charge in [-0.1, -0.05) is 36.2 Å². The van der Waals surface area contributed by atoms with Gasteiger partial charge in [-0.15, -0.1) is 11.3 Å². The first-order chi connectivity index (χ1) is 12.5. The van der Waals surface area contributed by atoms with Crippen molar-refractivity contribution in [3.05, 3.63) is 61.4 Å². The monoisotopic (exact) mass is 408 g/mol. The van der Waals surface area contributed by atoms with Crippen LogP contribution in [-0.2, 0) is 17.8 Å². The Morgan fingerprint density at radius 2 is 2.19 bits per heavy atom. The van der Waals surface area contributed by atoms with Gasteiger partial charge in [-0.25, -0.2) is 10.4 Å². The number of nitrogens with zero attached hydrogens (tertiary/aromatic N) is 3. The number of aromatic nitrogens is 2. The Balaban J connectivity index is 1.70. The summed E-state index contributed by atoms with van der Waals surface area (Å²) in [6.45, 7) is 1.84. The lowest BCUT2D eigenvalue weighted by molar-refractivity contribution is -0.121. The van der Waals surface area contributed by atoms with Crippen LogP contribution in [0.3, 0.4) is 0 Å². The Morgan fingerprint density at radius 3 is 2.92 bits per heavy atom. The van der Waals surface area contributed by atoms with Crippen molar-refractivity contribution >= 4 is 56.9 Å². The zero-order valence-electron chi connectivity index (χ0n) is 13.7. The Kier molecular flexibility index (Phi) is 5.70. The lowest BCUT2D eigenvalue weighted by Crippen LogP contribution is -2.29. The molecule has 0 atom stereocenters. The molecule has 3 rings (SSSR count). The van der Waals surface area contributed by atoms with Gasteiger partial charge in [0, 0.05) is 15.5 Å². The molecule has 0 saturated carbocycles. The number of nitrogens with one attached hydrogen (secondary N) is 1. The van der Waals surface area contributed by atoms with Crippen molar-refractivity contribution in [2.45, 2.75) is 19.9 Å². The maximum atomic E-state index is 12.4. The fourth-order valence-electron chi connectivity index (χ4n) is 2.27. The minimum absolute atomic E-state index is 0.176. The third-order valence-electron chi connectivity index (χ3n) is 3.59. The summed E-state index contributed by atoms with van der Waals surface area (Å²) in [6.07, 6.45) is 3.62. The Bertz CT molecular complexity index is 1060. The Hall–Kier alpha value is -2.22. The number of carbonyl (C=O) groups excluding carboxylic acids is 1. The third kappa shape index (κ3) is 4.12. The summed E-state index contributed by atoms with van der Waals surface area (Å²) in [5, 5.41) is 5.31. The van der Waals surface area contributed by atoms with Gasteiger partial charge in [-0.2, -0.15) is 5.10 Å². The van der Waals surface area contributed by atoms with Crippen molar-refractivity contribution in [3.8, 4) is 0 Å². The second kappa shape index (κ2) is 7.99. The van der Waals surface area contributed by atoms with Crippen molar-refractivity contribution in [2.24, 2.45) is 5.10 Å². The molecule has 3 aromatic rings. The highest BCUT2D eigenvalue weighted by Crippen LogP contribution is 2.21. The number of halogens is 2. The van der Waals surface area contributed by atoms with Gasteiger partial charge in [-0.05, 0) is 24.6 Å². The van der Waals surface area contributed by atoms with E-state index in [0.29, 0.717) is 25.8 Å². The van der Waals surface area contributed by atoms with Crippen molar-refractivity contribution in [1.29, 1.82) is 0 Å². The number of hydrazone groups is 1. The van der Waals surface area contributed by atoms with E-state index in [0.717, 1.165) is 11.3 Å². The molecular formula is C17H14Cl2N4O2S. The first-order valence-electron chi connectivity index (χ1n) is 7.72. The summed E-state index contributed by atoms with van der Waals surface area (Å²) >= 11 is 13.3. The van der Waals surface area contributed by atoms with Crippen LogP contribution in [-0.4, -0.2) is 21.7 Å². The lowest BCUT2D eigenvalue weighted by Gasteiger charge is -2.04. The molecule has 0 radical (unpaired) electrons. The molecule has 0 aliphatic rings. The first kappa shape index (κ1) is 18.6. The summed E-state index contributed by atoms with van der Waals surface area (Å²) in [4.78, 5) is 30.5. The van der Waals surface area contributed by atoms with Crippen LogP contribution in [0.4, 0.5) is 0 Å². The summed E-state index contributed by atoms with van der Waals surface area (Å²) in [5.74, 6) is -0.444. The van der Waals surface area contributed by atoms with Crippen LogP contribution >= 0.6 is 34.5 Å². The van der Waals surface area contributed by atoms with Crippen molar-refractivity contribution in [3.63, 3.8) is 0 Å². The van der Waals surface area contributed by atoms with E-state index in [9.17, 15) is 9.59 Å². The summed E-state index contributed by atoms with van der Waals surface area (Å²) in [5.41, 5.74) is 2.74. The Morgan fingerprint density at radius 1 is 1.38 bits per heavy atom. The molecule has 0 aliphatic carbocycles. The number of fused-ring (bicyclic) bond motifs is 1. The number of benzene rings is 1. The van der Waals surface area contributed by atoms with Gasteiger partial charge in [0.05, 0.1) is 23.0 Å². The van der Waals surface area contributed by atoms with Crippen LogP contribution in [0.1, 0.15) is 17.4 Å². The molecule has 26 heavy (non-hydrogen) atoms. The molecule has 0 unspecified atom stereocenters. The van der Waals surface area contributed by atoms with Gasteiger partial charge in [0.15, 0.2) is 0 Å². The van der Waals surface area contributed by atoms with E-state index in [1.54, 1.807) is 18.2 Å². The molecule has 0 spiro atoms. The van der Waals surface area contributed by atoms with Crippen molar-refractivity contribution in [1.82, 2.24) is 15.0 Å². The molecule has 0 bridgehead atoms. The molecule has 1 amide bonds. The van der Waals surface area contributed by atoms with Crippen LogP contribution in [0.15, 0.2) is 40.5 Å². The third-order valence-corrected chi connectivity index (χ3v) is 5.34. The van der Waals surface area contributed by atoms with E-state index in [2.05, 4.69) is 15.5 Å². The number of thiophene rings is 1. The second-order valence-corrected chi connectivity index (χ2v) is 7.38. The molecule has 2 aromatic heterocycles. The number of rotatable bonds is 5. The van der Waals surface area contributed by atoms with Gasteiger partial charge in [0.1, 0.15) is 11.4 Å². The highest BCUT2D eigenvalue weighted by molar-refractivity contribution is 7.18. The van der Waals surface area contributed by atoms with Crippen LogP contribution in [0.2, 0.25) is 10.0 Å². The maximum Gasteiger partial charge on any atom is 0.262 e. The normalized spacial score (nSPS) is 11.3. The highest BCUT2D eigenvalue weighted by atomic mass is 35.5. The van der Waals surface area contributed by atoms with E-state index < -0.39 is 5.91 Å². The molecule has 1 N–H and O–H groups in total. The van der Waals surface area contributed by atoms with Crippen molar-refractivity contribution in [2.75, 3.05) is 0 Å². The lowest BCUT2D eigenvalue weighted by atomic mass is 10.2. The zero-order chi connectivity index (χ0) is 18.7. The first-order valence-corrected chi connectivity index (χ1v) is 9.30. The highest BCUT2D eigenvalue weighted by Gasteiger charge is 2.10. The largest absolute Gasteiger partial charge is 0.289 e. The van der Waals surface area contributed by atoms with Crippen LogP contribution in [0.5, 0.6) is 0 Å². The summed E-state index contributed by atoms with van der Waals surface area (Å²) in [6, 6.07) is 6.76. The van der Waals surface area contributed by atoms with Gasteiger partial charge >= 0.3 is 0 Å². The number of hydrogen-bond donors (Lipinski definition) is 1. The van der Waals surface area contributed by atoms with Crippen LogP contribution < -0.4 is 11.0 Å². The smallest absolute Gasteiger partial charge is 0.262 e. The predicted molar refractivity (Wildman–Crippen MR) is 105 cm³/mol. The second-order valence-electron chi connectivity index (χ2n) is 5.42. The van der Waals surface area contributed by atoms with E-state index in [4.69, 9.17) is 23.2 Å². The molecule has 2 heterocycles. The molecule has 134 valence electrons. The topological polar surface area (TPSA) is 76.3 Å². The average Bonchev–Trinajstić information content (AvgIpc) is 3.03. The minimum atomic E-state index is -0.444. The predicted octanol–water partition coefficient (Wildman–Crippen LogP) is 3.48. The maximum absolute atomic E-state index is 12.4. The van der Waals surface area contributed by atoms with E-state index >= 15 is 0 Å². The summed E-state index contributed by atoms with van der Waals surface area (Å²) in [7, 11) is 0. The molecule has 1 aromatic carbocycles. The number of amides is 1. The fourth-order valence-corrected chi connectivity index (χ4v) is 3.65. The SMILES string of the molecule is CCc1cc2c(=O)n(CC(=O)N/N=C/c3ccc(Cl)cc3Cl)cnc2s1. The van der Waals surface area contributed by atoms with Gasteiger partial charge in [0.25, 0.3) is 11.5 Å². The quantitative estimate of drug-likeness (QED) is 0.518. The molecule has 0 saturated heterocycles. The number of aryl methyl sites for hydroxylation is 1. The fraction of sp³-hybridized carbons (Fsp3) is 0.176. The standard InChI is InChI=1S/C17H14Cl2N4O2S/c1-2-12-6-13-16(26-12)20-9-23(17(13)25)8-15(24)22-21-7-10-3-4-11(18)5-14(10)19/h3-7,9H,2,8H2,1H3,(H,22,24)/b21-7+. The van der Waals surface area contributed by atoms with E-state index in [1.807, 2.05) is 13.0 Å². The minimum Gasteiger partial charge on any atom is -0.289 e. The van der Waals surface area contributed by atoms with Crippen LogP contribution in [0.25, 0.3) is 10.2 Å². The molecule has 0 fully saturated rings. The average molecular weight is 409 g/mol. The van der Waals surface area contributed by atoms with Gasteiger partial charge in [-0.3, -0.25) is 14.2 Å².